The van der Waals surface area contributed by atoms with Crippen molar-refractivity contribution in [1.29, 1.82) is 0 Å². The normalized spacial score (nSPS) is 10.3. The molecule has 1 N–H and O–H groups in total. The van der Waals surface area contributed by atoms with E-state index in [-0.39, 0.29) is 5.91 Å². The van der Waals surface area contributed by atoms with Crippen LogP contribution in [0.25, 0.3) is 0 Å². The maximum atomic E-state index is 12.7. The van der Waals surface area contributed by atoms with E-state index < -0.39 is 0 Å². The number of benzene rings is 3. The first kappa shape index (κ1) is 18.5. The molecule has 0 atom stereocenters. The second-order valence-electron chi connectivity index (χ2n) is 6.40. The van der Waals surface area contributed by atoms with Gasteiger partial charge in [-0.05, 0) is 55.8 Å². The molecule has 0 saturated carbocycles. The summed E-state index contributed by atoms with van der Waals surface area (Å²) < 4.78 is 11.2. The van der Waals surface area contributed by atoms with E-state index in [0.29, 0.717) is 17.9 Å². The van der Waals surface area contributed by atoms with E-state index in [1.54, 1.807) is 25.3 Å². The van der Waals surface area contributed by atoms with E-state index in [2.05, 4.69) is 5.32 Å². The second kappa shape index (κ2) is 8.41. The summed E-state index contributed by atoms with van der Waals surface area (Å²) in [5.74, 6) is 1.30. The van der Waals surface area contributed by atoms with Crippen molar-refractivity contribution < 1.29 is 14.3 Å². The summed E-state index contributed by atoms with van der Waals surface area (Å²) in [5.41, 5.74) is 4.38. The van der Waals surface area contributed by atoms with E-state index in [4.69, 9.17) is 9.47 Å². The topological polar surface area (TPSA) is 47.6 Å². The van der Waals surface area contributed by atoms with Crippen LogP contribution in [0.15, 0.2) is 66.7 Å². The van der Waals surface area contributed by atoms with Crippen molar-refractivity contribution in [2.45, 2.75) is 20.5 Å². The number of carbonyl (C=O) groups is 1. The third-order valence-electron chi connectivity index (χ3n) is 4.31. The number of carbonyl (C=O) groups excluding carboxylic acids is 1. The summed E-state index contributed by atoms with van der Waals surface area (Å²) >= 11 is 0. The number of anilines is 1. The van der Waals surface area contributed by atoms with Gasteiger partial charge in [0.15, 0.2) is 0 Å². The van der Waals surface area contributed by atoms with Crippen molar-refractivity contribution in [1.82, 2.24) is 0 Å². The largest absolute Gasteiger partial charge is 0.496 e. The summed E-state index contributed by atoms with van der Waals surface area (Å²) in [4.78, 5) is 12.7. The molecule has 0 radical (unpaired) electrons. The fourth-order valence-corrected chi connectivity index (χ4v) is 2.86. The van der Waals surface area contributed by atoms with Crippen LogP contribution in [0.2, 0.25) is 0 Å². The maximum absolute atomic E-state index is 12.7. The lowest BCUT2D eigenvalue weighted by molar-refractivity contribution is 0.102. The Balaban J connectivity index is 1.78. The highest BCUT2D eigenvalue weighted by Gasteiger charge is 2.12. The first-order valence-electron chi connectivity index (χ1n) is 8.80. The quantitative estimate of drug-likeness (QED) is 0.661. The Morgan fingerprint density at radius 2 is 1.74 bits per heavy atom. The maximum Gasteiger partial charge on any atom is 0.255 e. The van der Waals surface area contributed by atoms with E-state index in [1.165, 1.54) is 0 Å². The summed E-state index contributed by atoms with van der Waals surface area (Å²) in [6.45, 7) is 4.33. The number of para-hydroxylation sites is 1. The van der Waals surface area contributed by atoms with Gasteiger partial charge in [0.2, 0.25) is 0 Å². The molecule has 0 fully saturated rings. The van der Waals surface area contributed by atoms with Gasteiger partial charge < -0.3 is 14.8 Å². The number of ether oxygens (including phenoxy) is 2. The minimum atomic E-state index is -0.162. The molecule has 27 heavy (non-hydrogen) atoms. The second-order valence-corrected chi connectivity index (χ2v) is 6.40. The molecule has 0 aliphatic carbocycles. The minimum absolute atomic E-state index is 0.162. The summed E-state index contributed by atoms with van der Waals surface area (Å²) in [6, 6.07) is 20.9. The highest BCUT2D eigenvalue weighted by molar-refractivity contribution is 6.04. The average molecular weight is 361 g/mol. The molecule has 4 heteroatoms. The number of amides is 1. The number of hydrogen-bond acceptors (Lipinski definition) is 3. The molecule has 138 valence electrons. The minimum Gasteiger partial charge on any atom is -0.496 e. The number of hydrogen-bond donors (Lipinski definition) is 1. The van der Waals surface area contributed by atoms with Crippen LogP contribution in [0, 0.1) is 13.8 Å². The Labute approximate surface area is 159 Å². The van der Waals surface area contributed by atoms with Gasteiger partial charge in [-0.3, -0.25) is 4.79 Å². The van der Waals surface area contributed by atoms with E-state index in [0.717, 1.165) is 28.1 Å². The van der Waals surface area contributed by atoms with Crippen LogP contribution in [0.4, 0.5) is 5.69 Å². The number of nitrogens with one attached hydrogen (secondary N) is 1. The Bertz CT molecular complexity index is 936. The number of methoxy groups -OCH3 is 1. The SMILES string of the molecule is COc1ccc(C(=O)Nc2ccc(C)cc2C)cc1COc1ccccc1. The molecule has 0 aliphatic rings. The predicted octanol–water partition coefficient (Wildman–Crippen LogP) is 5.14. The molecule has 0 aliphatic heterocycles. The van der Waals surface area contributed by atoms with Crippen LogP contribution in [0.3, 0.4) is 0 Å². The molecule has 0 aromatic heterocycles. The molecule has 0 spiro atoms. The van der Waals surface area contributed by atoms with Crippen LogP contribution < -0.4 is 14.8 Å². The van der Waals surface area contributed by atoms with Crippen LogP contribution >= 0.6 is 0 Å². The zero-order valence-electron chi connectivity index (χ0n) is 15.8. The predicted molar refractivity (Wildman–Crippen MR) is 108 cm³/mol. The first-order chi connectivity index (χ1) is 13.1. The Morgan fingerprint density at radius 3 is 2.44 bits per heavy atom. The fraction of sp³-hybridized carbons (Fsp3) is 0.174. The van der Waals surface area contributed by atoms with Gasteiger partial charge in [0.05, 0.1) is 7.11 Å². The van der Waals surface area contributed by atoms with E-state index in [9.17, 15) is 4.79 Å². The van der Waals surface area contributed by atoms with Crippen molar-refractivity contribution in [3.8, 4) is 11.5 Å². The first-order valence-corrected chi connectivity index (χ1v) is 8.80. The van der Waals surface area contributed by atoms with Crippen molar-refractivity contribution in [3.05, 3.63) is 89.0 Å². The zero-order valence-corrected chi connectivity index (χ0v) is 15.8. The molecular weight excluding hydrogens is 338 g/mol. The monoisotopic (exact) mass is 361 g/mol. The molecule has 3 aromatic carbocycles. The molecule has 3 aromatic rings. The van der Waals surface area contributed by atoms with Gasteiger partial charge >= 0.3 is 0 Å². The Morgan fingerprint density at radius 1 is 0.963 bits per heavy atom. The average Bonchev–Trinajstić information content (AvgIpc) is 2.69. The van der Waals surface area contributed by atoms with E-state index in [1.807, 2.05) is 62.4 Å². The van der Waals surface area contributed by atoms with Gasteiger partial charge in [-0.15, -0.1) is 0 Å². The highest BCUT2D eigenvalue weighted by Crippen LogP contribution is 2.23. The standard InChI is InChI=1S/C23H23NO3/c1-16-9-11-21(17(2)13-16)24-23(25)18-10-12-22(26-3)19(14-18)15-27-20-7-5-4-6-8-20/h4-14H,15H2,1-3H3,(H,24,25). The van der Waals surface area contributed by atoms with Crippen LogP contribution in [0.5, 0.6) is 11.5 Å². The third-order valence-corrected chi connectivity index (χ3v) is 4.31. The van der Waals surface area contributed by atoms with Gasteiger partial charge in [0.25, 0.3) is 5.91 Å². The molecule has 1 amide bonds. The van der Waals surface area contributed by atoms with Gasteiger partial charge in [0, 0.05) is 16.8 Å². The molecule has 0 heterocycles. The summed E-state index contributed by atoms with van der Waals surface area (Å²) in [5, 5.41) is 2.97. The molecule has 4 nitrogen and oxygen atoms in total. The number of rotatable bonds is 6. The number of aryl methyl sites for hydroxylation is 2. The fourth-order valence-electron chi connectivity index (χ4n) is 2.86. The highest BCUT2D eigenvalue weighted by atomic mass is 16.5. The molecule has 3 rings (SSSR count). The van der Waals surface area contributed by atoms with E-state index >= 15 is 0 Å². The van der Waals surface area contributed by atoms with Crippen molar-refractivity contribution >= 4 is 11.6 Å². The summed E-state index contributed by atoms with van der Waals surface area (Å²) in [7, 11) is 1.61. The van der Waals surface area contributed by atoms with Gasteiger partial charge in [-0.25, -0.2) is 0 Å². The van der Waals surface area contributed by atoms with Gasteiger partial charge in [0.1, 0.15) is 18.1 Å². The van der Waals surface area contributed by atoms with Crippen LogP contribution in [-0.4, -0.2) is 13.0 Å². The van der Waals surface area contributed by atoms with Gasteiger partial charge in [-0.1, -0.05) is 35.9 Å². The zero-order chi connectivity index (χ0) is 19.2. The van der Waals surface area contributed by atoms with Crippen LogP contribution in [-0.2, 0) is 6.61 Å². The lowest BCUT2D eigenvalue weighted by atomic mass is 10.1. The van der Waals surface area contributed by atoms with Gasteiger partial charge in [-0.2, -0.15) is 0 Å². The molecular formula is C23H23NO3. The van der Waals surface area contributed by atoms with Crippen LogP contribution in [0.1, 0.15) is 27.0 Å². The van der Waals surface area contributed by atoms with Crippen molar-refractivity contribution in [2.75, 3.05) is 12.4 Å². The Kier molecular flexibility index (Phi) is 5.77. The molecule has 0 unspecified atom stereocenters. The Hall–Kier alpha value is -3.27. The van der Waals surface area contributed by atoms with Crippen molar-refractivity contribution in [3.63, 3.8) is 0 Å². The lowest BCUT2D eigenvalue weighted by Gasteiger charge is -2.13. The van der Waals surface area contributed by atoms with Crippen molar-refractivity contribution in [2.24, 2.45) is 0 Å². The molecule has 0 saturated heterocycles. The summed E-state index contributed by atoms with van der Waals surface area (Å²) in [6.07, 6.45) is 0. The lowest BCUT2D eigenvalue weighted by Crippen LogP contribution is -2.13. The third kappa shape index (κ3) is 4.67. The smallest absolute Gasteiger partial charge is 0.255 e. The molecule has 0 bridgehead atoms.